The van der Waals surface area contributed by atoms with Crippen LogP contribution in [0, 0.1) is 5.41 Å². The molecule has 0 unspecified atom stereocenters. The van der Waals surface area contributed by atoms with Crippen molar-refractivity contribution in [3.63, 3.8) is 0 Å². The van der Waals surface area contributed by atoms with Gasteiger partial charge < -0.3 is 9.99 Å². The molecular formula is C52H42N4. The van der Waals surface area contributed by atoms with Crippen LogP contribution in [0.2, 0.25) is 0 Å². The van der Waals surface area contributed by atoms with E-state index in [1.54, 1.807) is 0 Å². The van der Waals surface area contributed by atoms with Gasteiger partial charge in [-0.3, -0.25) is 5.41 Å². The van der Waals surface area contributed by atoms with Gasteiger partial charge in [-0.25, -0.2) is 5.43 Å². The van der Waals surface area contributed by atoms with E-state index in [1.165, 1.54) is 66.3 Å². The van der Waals surface area contributed by atoms with Gasteiger partial charge in [0.2, 0.25) is 0 Å². The summed E-state index contributed by atoms with van der Waals surface area (Å²) in [5.41, 5.74) is 23.1. The number of nitrogens with one attached hydrogen (secondary N) is 3. The third kappa shape index (κ3) is 5.78. The smallest absolute Gasteiger partial charge is 0.139 e. The molecule has 8 aromatic rings. The number of para-hydroxylation sites is 1. The Morgan fingerprint density at radius 1 is 0.625 bits per heavy atom. The molecule has 3 N–H and O–H groups in total. The lowest BCUT2D eigenvalue weighted by molar-refractivity contribution is 0.414. The largest absolute Gasteiger partial charge is 0.309 e. The Bertz CT molecular complexity index is 2810. The van der Waals surface area contributed by atoms with Crippen LogP contribution < -0.4 is 10.9 Å². The van der Waals surface area contributed by atoms with Gasteiger partial charge in [-0.2, -0.15) is 0 Å². The van der Waals surface area contributed by atoms with Gasteiger partial charge in [0.15, 0.2) is 0 Å². The maximum Gasteiger partial charge on any atom is 0.139 e. The van der Waals surface area contributed by atoms with Crippen molar-refractivity contribution in [2.75, 3.05) is 0 Å². The van der Waals surface area contributed by atoms with Crippen LogP contribution in [0.1, 0.15) is 53.1 Å². The number of hydrogen-bond donors (Lipinski definition) is 3. The second-order valence-electron chi connectivity index (χ2n) is 15.2. The molecule has 0 saturated carbocycles. The van der Waals surface area contributed by atoms with Gasteiger partial charge in [-0.05, 0) is 118 Å². The minimum atomic E-state index is -0.544. The first kappa shape index (κ1) is 33.8. The van der Waals surface area contributed by atoms with Crippen LogP contribution in [0.5, 0.6) is 0 Å². The first-order valence-electron chi connectivity index (χ1n) is 19.5. The van der Waals surface area contributed by atoms with Crippen molar-refractivity contribution >= 4 is 33.2 Å². The van der Waals surface area contributed by atoms with E-state index >= 15 is 0 Å². The third-order valence-corrected chi connectivity index (χ3v) is 11.8. The van der Waals surface area contributed by atoms with Gasteiger partial charge in [-0.1, -0.05) is 146 Å². The van der Waals surface area contributed by atoms with Crippen LogP contribution in [-0.2, 0) is 12.0 Å². The second-order valence-corrected chi connectivity index (χ2v) is 15.2. The molecule has 1 heterocycles. The highest BCUT2D eigenvalue weighted by molar-refractivity contribution is 6.16. The molecule has 0 amide bonds. The van der Waals surface area contributed by atoms with E-state index in [4.69, 9.17) is 5.41 Å². The van der Waals surface area contributed by atoms with Gasteiger partial charge in [0, 0.05) is 22.0 Å². The standard InChI is InChI=1S/C52H42N4/c1-52(41-20-10-4-11-21-41,42-22-12-5-13-23-42)55-54-51(53)38-27-29-44-40(31-38)30-37-26-28-43(34-46(37)44)56-48-25-15-14-24-45(48)50-47(36-18-8-3-9-19-36)32-39(33-49(50)56)35-16-6-2-7-17-35/h2-6,8-16,18-29,31-34,55H,7,17,30H2,1H3,(H2,53,54). The summed E-state index contributed by atoms with van der Waals surface area (Å²) in [5.74, 6) is 0.335. The molecule has 4 heteroatoms. The Morgan fingerprint density at radius 3 is 2.07 bits per heavy atom. The maximum absolute atomic E-state index is 9.13. The minimum Gasteiger partial charge on any atom is -0.309 e. The lowest BCUT2D eigenvalue weighted by atomic mass is 9.85. The first-order chi connectivity index (χ1) is 27.5. The summed E-state index contributed by atoms with van der Waals surface area (Å²) in [4.78, 5) is 0. The van der Waals surface area contributed by atoms with E-state index in [0.29, 0.717) is 5.84 Å². The number of nitrogens with zero attached hydrogens (tertiary/aromatic N) is 1. The highest BCUT2D eigenvalue weighted by Gasteiger charge is 2.29. The molecule has 0 fully saturated rings. The van der Waals surface area contributed by atoms with E-state index in [0.717, 1.165) is 41.6 Å². The van der Waals surface area contributed by atoms with Crippen LogP contribution in [0.4, 0.5) is 0 Å². The molecule has 2 aliphatic rings. The summed E-state index contributed by atoms with van der Waals surface area (Å²) in [6.07, 6.45) is 9.67. The van der Waals surface area contributed by atoms with E-state index in [-0.39, 0.29) is 0 Å². The summed E-state index contributed by atoms with van der Waals surface area (Å²) in [6.45, 7) is 2.15. The fourth-order valence-corrected chi connectivity index (χ4v) is 8.83. The molecule has 0 radical (unpaired) electrons. The van der Waals surface area contributed by atoms with Crippen molar-refractivity contribution in [3.05, 3.63) is 215 Å². The molecule has 0 saturated heterocycles. The molecule has 4 nitrogen and oxygen atoms in total. The Hall–Kier alpha value is -6.75. The van der Waals surface area contributed by atoms with Gasteiger partial charge in [0.1, 0.15) is 5.84 Å². The van der Waals surface area contributed by atoms with Crippen molar-refractivity contribution in [1.82, 2.24) is 15.4 Å². The van der Waals surface area contributed by atoms with Crippen LogP contribution in [-0.4, -0.2) is 10.4 Å². The normalized spacial score (nSPS) is 13.4. The SMILES string of the molecule is CC(NNC(=N)c1ccc2c(c1)Cc1ccc(-n3c4ccccc4c4c(-c5ccccc5)cc(C5=CC=CCC5)cc43)cc1-2)(c1ccccc1)c1ccccc1. The maximum atomic E-state index is 9.13. The molecule has 56 heavy (non-hydrogen) atoms. The van der Waals surface area contributed by atoms with Crippen molar-refractivity contribution in [3.8, 4) is 27.9 Å². The molecule has 0 bridgehead atoms. The molecule has 1 aromatic heterocycles. The highest BCUT2D eigenvalue weighted by Crippen LogP contribution is 2.44. The van der Waals surface area contributed by atoms with E-state index < -0.39 is 5.54 Å². The summed E-state index contributed by atoms with van der Waals surface area (Å²) < 4.78 is 2.47. The summed E-state index contributed by atoms with van der Waals surface area (Å²) in [6, 6.07) is 58.7. The first-order valence-corrected chi connectivity index (χ1v) is 19.5. The number of rotatable bonds is 8. The average molecular weight is 723 g/mol. The molecule has 0 spiro atoms. The summed E-state index contributed by atoms with van der Waals surface area (Å²) >= 11 is 0. The van der Waals surface area contributed by atoms with Crippen LogP contribution in [0.25, 0.3) is 55.3 Å². The summed E-state index contributed by atoms with van der Waals surface area (Å²) in [7, 11) is 0. The number of hydrazine groups is 1. The summed E-state index contributed by atoms with van der Waals surface area (Å²) in [5, 5.41) is 11.7. The topological polar surface area (TPSA) is 52.8 Å². The third-order valence-electron chi connectivity index (χ3n) is 11.8. The van der Waals surface area contributed by atoms with Crippen molar-refractivity contribution in [2.45, 2.75) is 31.7 Å². The van der Waals surface area contributed by atoms with Crippen molar-refractivity contribution < 1.29 is 0 Å². The molecule has 10 rings (SSSR count). The number of amidine groups is 1. The van der Waals surface area contributed by atoms with E-state index in [2.05, 4.69) is 192 Å². The Balaban J connectivity index is 1.02. The van der Waals surface area contributed by atoms with Crippen LogP contribution >= 0.6 is 0 Å². The predicted octanol–water partition coefficient (Wildman–Crippen LogP) is 12.1. The molecular weight excluding hydrogens is 681 g/mol. The zero-order chi connectivity index (χ0) is 37.6. The van der Waals surface area contributed by atoms with Crippen molar-refractivity contribution in [2.24, 2.45) is 0 Å². The average Bonchev–Trinajstić information content (AvgIpc) is 3.81. The molecule has 270 valence electrons. The van der Waals surface area contributed by atoms with E-state index in [1.807, 2.05) is 12.1 Å². The molecule has 7 aromatic carbocycles. The minimum absolute atomic E-state index is 0.335. The molecule has 0 aliphatic heterocycles. The Labute approximate surface area is 328 Å². The monoisotopic (exact) mass is 722 g/mol. The zero-order valence-corrected chi connectivity index (χ0v) is 31.4. The van der Waals surface area contributed by atoms with Crippen LogP contribution in [0.15, 0.2) is 182 Å². The number of benzene rings is 7. The fourth-order valence-electron chi connectivity index (χ4n) is 8.83. The Morgan fingerprint density at radius 2 is 1.34 bits per heavy atom. The van der Waals surface area contributed by atoms with Crippen molar-refractivity contribution in [1.29, 1.82) is 5.41 Å². The predicted molar refractivity (Wildman–Crippen MR) is 233 cm³/mol. The van der Waals surface area contributed by atoms with Gasteiger partial charge >= 0.3 is 0 Å². The van der Waals surface area contributed by atoms with Gasteiger partial charge in [0.25, 0.3) is 0 Å². The van der Waals surface area contributed by atoms with Gasteiger partial charge in [0.05, 0.1) is 16.6 Å². The lowest BCUT2D eigenvalue weighted by Gasteiger charge is -2.33. The molecule has 2 aliphatic carbocycles. The fraction of sp³-hybridized carbons (Fsp3) is 0.0962. The van der Waals surface area contributed by atoms with Crippen LogP contribution in [0.3, 0.4) is 0 Å². The quantitative estimate of drug-likeness (QED) is 0.0831. The lowest BCUT2D eigenvalue weighted by Crippen LogP contribution is -2.51. The molecule has 0 atom stereocenters. The number of hydrogen-bond acceptors (Lipinski definition) is 2. The second kappa shape index (κ2) is 13.8. The Kier molecular flexibility index (Phi) is 8.35. The van der Waals surface area contributed by atoms with E-state index in [9.17, 15) is 0 Å². The number of fused-ring (bicyclic) bond motifs is 6. The zero-order valence-electron chi connectivity index (χ0n) is 31.4. The number of allylic oxidation sites excluding steroid dienone is 4. The number of aromatic nitrogens is 1. The highest BCUT2D eigenvalue weighted by atomic mass is 15.4. The van der Waals surface area contributed by atoms with Gasteiger partial charge in [-0.15, -0.1) is 0 Å².